The molecule has 0 unspecified atom stereocenters. The summed E-state index contributed by atoms with van der Waals surface area (Å²) >= 11 is 0. The molecule has 10 heteroatoms. The average Bonchev–Trinajstić information content (AvgIpc) is 3.20. The first kappa shape index (κ1) is 14.6. The van der Waals surface area contributed by atoms with Crippen LogP contribution >= 0.6 is 0 Å². The van der Waals surface area contributed by atoms with E-state index >= 15 is 0 Å². The number of likely N-dealkylation sites (tertiary alicyclic amines) is 1. The van der Waals surface area contributed by atoms with Crippen LogP contribution in [0.4, 0.5) is 0 Å². The molecule has 118 valence electrons. The number of amides is 1. The molecule has 22 heavy (non-hydrogen) atoms. The van der Waals surface area contributed by atoms with Crippen LogP contribution in [0.25, 0.3) is 0 Å². The van der Waals surface area contributed by atoms with E-state index in [4.69, 9.17) is 10.3 Å². The minimum atomic E-state index is -0.688. The van der Waals surface area contributed by atoms with Crippen molar-refractivity contribution in [3.05, 3.63) is 17.5 Å². The van der Waals surface area contributed by atoms with Crippen molar-refractivity contribution in [2.24, 2.45) is 5.73 Å². The van der Waals surface area contributed by atoms with Crippen LogP contribution in [-0.2, 0) is 13.1 Å². The predicted octanol–water partition coefficient (Wildman–Crippen LogP) is -0.0979. The number of nitrogens with zero attached hydrogens (tertiary/aromatic N) is 7. The molecule has 0 aromatic carbocycles. The summed E-state index contributed by atoms with van der Waals surface area (Å²) in [4.78, 5) is 17.3. The smallest absolute Gasteiger partial charge is 0.290 e. The van der Waals surface area contributed by atoms with E-state index in [2.05, 4.69) is 37.5 Å². The molecular weight excluding hydrogens is 288 g/mol. The minimum Gasteiger partial charge on any atom is -0.363 e. The molecular formula is C12H18N8O2. The highest BCUT2D eigenvalue weighted by molar-refractivity contribution is 5.88. The lowest BCUT2D eigenvalue weighted by atomic mass is 10.2. The molecule has 1 fully saturated rings. The van der Waals surface area contributed by atoms with Gasteiger partial charge in [0.25, 0.3) is 11.7 Å². The summed E-state index contributed by atoms with van der Waals surface area (Å²) < 4.78 is 6.98. The molecule has 0 spiro atoms. The molecule has 1 atom stereocenters. The third-order valence-corrected chi connectivity index (χ3v) is 3.70. The molecule has 0 aliphatic carbocycles. The normalized spacial score (nSPS) is 18.9. The van der Waals surface area contributed by atoms with Gasteiger partial charge in [-0.1, -0.05) is 12.1 Å². The number of nitrogens with two attached hydrogens (primary N) is 1. The third-order valence-electron chi connectivity index (χ3n) is 3.70. The first-order chi connectivity index (χ1) is 10.7. The number of carbonyl (C=O) groups excluding carboxylic acids is 1. The van der Waals surface area contributed by atoms with Gasteiger partial charge in [-0.05, 0) is 36.2 Å². The van der Waals surface area contributed by atoms with Gasteiger partial charge in [0.05, 0.1) is 12.6 Å². The summed E-state index contributed by atoms with van der Waals surface area (Å²) in [5.74, 6) is 0.452. The van der Waals surface area contributed by atoms with Crippen LogP contribution < -0.4 is 5.73 Å². The summed E-state index contributed by atoms with van der Waals surface area (Å²) in [6, 6.07) is -0.0348. The quantitative estimate of drug-likeness (QED) is 0.783. The molecule has 0 bridgehead atoms. The SMILES string of the molecule is CCCn1nnnc1CN1CCC[C@@H]1c1nc(C(N)=O)no1. The topological polar surface area (TPSA) is 129 Å². The molecule has 1 aliphatic heterocycles. The van der Waals surface area contributed by atoms with Crippen LogP contribution in [0.3, 0.4) is 0 Å². The standard InChI is InChI=1S/C12H18N8O2/c1-2-5-20-9(15-17-18-20)7-19-6-3-4-8(19)12-14-11(10(13)21)16-22-12/h8H,2-7H2,1H3,(H2,13,21)/t8-/m1/s1. The van der Waals surface area contributed by atoms with E-state index in [-0.39, 0.29) is 11.9 Å². The number of tetrazole rings is 1. The van der Waals surface area contributed by atoms with E-state index in [1.54, 1.807) is 4.68 Å². The Bertz CT molecular complexity index is 651. The molecule has 3 rings (SSSR count). The molecule has 1 aliphatic rings. The lowest BCUT2D eigenvalue weighted by Crippen LogP contribution is -2.25. The van der Waals surface area contributed by atoms with Crippen LogP contribution in [0.15, 0.2) is 4.52 Å². The molecule has 10 nitrogen and oxygen atoms in total. The molecule has 2 N–H and O–H groups in total. The Morgan fingerprint density at radius 2 is 2.36 bits per heavy atom. The maximum atomic E-state index is 11.1. The van der Waals surface area contributed by atoms with Gasteiger partial charge < -0.3 is 10.3 Å². The Morgan fingerprint density at radius 3 is 3.09 bits per heavy atom. The summed E-state index contributed by atoms with van der Waals surface area (Å²) in [6.45, 7) is 4.35. The van der Waals surface area contributed by atoms with Crippen molar-refractivity contribution in [1.29, 1.82) is 0 Å². The highest BCUT2D eigenvalue weighted by atomic mass is 16.5. The van der Waals surface area contributed by atoms with Crippen molar-refractivity contribution in [3.63, 3.8) is 0 Å². The van der Waals surface area contributed by atoms with Crippen LogP contribution in [-0.4, -0.2) is 47.7 Å². The lowest BCUT2D eigenvalue weighted by Gasteiger charge is -2.20. The zero-order valence-corrected chi connectivity index (χ0v) is 12.3. The van der Waals surface area contributed by atoms with Gasteiger partial charge >= 0.3 is 0 Å². The summed E-state index contributed by atoms with van der Waals surface area (Å²) in [7, 11) is 0. The van der Waals surface area contributed by atoms with Crippen molar-refractivity contribution >= 4 is 5.91 Å². The third kappa shape index (κ3) is 2.82. The number of primary amides is 1. The highest BCUT2D eigenvalue weighted by Crippen LogP contribution is 2.31. The summed E-state index contributed by atoms with van der Waals surface area (Å²) in [6.07, 6.45) is 2.86. The van der Waals surface area contributed by atoms with Crippen LogP contribution in [0.2, 0.25) is 0 Å². The van der Waals surface area contributed by atoms with Crippen LogP contribution in [0.5, 0.6) is 0 Å². The first-order valence-corrected chi connectivity index (χ1v) is 7.31. The van der Waals surface area contributed by atoms with Crippen LogP contribution in [0.1, 0.15) is 54.6 Å². The number of hydrogen-bond donors (Lipinski definition) is 1. The monoisotopic (exact) mass is 306 g/mol. The van der Waals surface area contributed by atoms with Crippen molar-refractivity contribution < 1.29 is 9.32 Å². The largest absolute Gasteiger partial charge is 0.363 e. The Kier molecular flexibility index (Phi) is 4.09. The van der Waals surface area contributed by atoms with Gasteiger partial charge in [-0.3, -0.25) is 9.69 Å². The van der Waals surface area contributed by atoms with E-state index in [1.165, 1.54) is 0 Å². The molecule has 1 saturated heterocycles. The second-order valence-corrected chi connectivity index (χ2v) is 5.27. The number of carbonyl (C=O) groups is 1. The molecule has 2 aromatic heterocycles. The van der Waals surface area contributed by atoms with Gasteiger partial charge in [-0.15, -0.1) is 5.10 Å². The van der Waals surface area contributed by atoms with Gasteiger partial charge in [0, 0.05) is 6.54 Å². The predicted molar refractivity (Wildman–Crippen MR) is 73.3 cm³/mol. The average molecular weight is 306 g/mol. The van der Waals surface area contributed by atoms with E-state index in [1.807, 2.05) is 0 Å². The Hall–Kier alpha value is -2.36. The number of aryl methyl sites for hydroxylation is 1. The molecule has 0 radical (unpaired) electrons. The van der Waals surface area contributed by atoms with E-state index < -0.39 is 5.91 Å². The number of aromatic nitrogens is 6. The van der Waals surface area contributed by atoms with E-state index in [0.29, 0.717) is 12.4 Å². The Balaban J connectivity index is 1.75. The maximum Gasteiger partial charge on any atom is 0.290 e. The van der Waals surface area contributed by atoms with Gasteiger partial charge in [0.15, 0.2) is 5.82 Å². The van der Waals surface area contributed by atoms with Crippen molar-refractivity contribution in [2.45, 2.75) is 45.3 Å². The molecule has 2 aromatic rings. The summed E-state index contributed by atoms with van der Waals surface area (Å²) in [5, 5.41) is 15.4. The maximum absolute atomic E-state index is 11.1. The fraction of sp³-hybridized carbons (Fsp3) is 0.667. The minimum absolute atomic E-state index is 0.0348. The number of rotatable bonds is 6. The van der Waals surface area contributed by atoms with Gasteiger partial charge in [-0.25, -0.2) is 4.68 Å². The van der Waals surface area contributed by atoms with Crippen molar-refractivity contribution in [1.82, 2.24) is 35.2 Å². The summed E-state index contributed by atoms with van der Waals surface area (Å²) in [5.41, 5.74) is 5.16. The van der Waals surface area contributed by atoms with Crippen LogP contribution in [0, 0.1) is 0 Å². The van der Waals surface area contributed by atoms with Crippen molar-refractivity contribution in [2.75, 3.05) is 6.54 Å². The van der Waals surface area contributed by atoms with Crippen molar-refractivity contribution in [3.8, 4) is 0 Å². The fourth-order valence-corrected chi connectivity index (χ4v) is 2.67. The van der Waals surface area contributed by atoms with Gasteiger partial charge in [-0.2, -0.15) is 4.98 Å². The lowest BCUT2D eigenvalue weighted by molar-refractivity contribution is 0.0987. The Labute approximate surface area is 126 Å². The molecule has 0 saturated carbocycles. The second kappa shape index (κ2) is 6.18. The Morgan fingerprint density at radius 1 is 1.50 bits per heavy atom. The zero-order chi connectivity index (χ0) is 15.5. The molecule has 1 amide bonds. The fourth-order valence-electron chi connectivity index (χ4n) is 2.67. The van der Waals surface area contributed by atoms with E-state index in [9.17, 15) is 4.79 Å². The van der Waals surface area contributed by atoms with Gasteiger partial charge in [0.1, 0.15) is 0 Å². The van der Waals surface area contributed by atoms with E-state index in [0.717, 1.165) is 38.2 Å². The first-order valence-electron chi connectivity index (χ1n) is 7.31. The highest BCUT2D eigenvalue weighted by Gasteiger charge is 2.32. The number of hydrogen-bond acceptors (Lipinski definition) is 8. The van der Waals surface area contributed by atoms with Gasteiger partial charge in [0.2, 0.25) is 5.89 Å². The molecule has 3 heterocycles. The zero-order valence-electron chi connectivity index (χ0n) is 12.3. The second-order valence-electron chi connectivity index (χ2n) is 5.27.